The van der Waals surface area contributed by atoms with Crippen LogP contribution in [0.2, 0.25) is 5.02 Å². The lowest BCUT2D eigenvalue weighted by atomic mass is 9.95. The molecule has 2 heterocycles. The van der Waals surface area contributed by atoms with Crippen LogP contribution in [0.1, 0.15) is 30.5 Å². The van der Waals surface area contributed by atoms with E-state index in [2.05, 4.69) is 4.99 Å². The molecule has 0 N–H and O–H groups in total. The van der Waals surface area contributed by atoms with Gasteiger partial charge in [0.1, 0.15) is 5.75 Å². The molecule has 4 rings (SSSR count). The Kier molecular flexibility index (Phi) is 7.37. The Labute approximate surface area is 212 Å². The van der Waals surface area contributed by atoms with Crippen molar-refractivity contribution in [1.82, 2.24) is 4.57 Å². The number of nitrogens with zero attached hydrogens (tertiary/aromatic N) is 2. The topological polar surface area (TPSA) is 69.9 Å². The van der Waals surface area contributed by atoms with Crippen molar-refractivity contribution in [2.45, 2.75) is 25.6 Å². The van der Waals surface area contributed by atoms with Crippen molar-refractivity contribution in [3.63, 3.8) is 0 Å². The number of aromatic nitrogens is 1. The third kappa shape index (κ3) is 5.24. The standard InChI is InChI=1S/C25H20ClF3N2O4S/c1-3-17-20(23(33)34-2)21(14-7-5-4-6-8-14)31-22(32)19(36-24(31)30-17)12-15-11-16(26)9-10-18(15)35-13-25(27,28)29/h4-12,21H,3,13H2,1-2H3/b19-12+/t21-/m0/s1. The monoisotopic (exact) mass is 536 g/mol. The number of hydrogen-bond donors (Lipinski definition) is 0. The minimum Gasteiger partial charge on any atom is -0.483 e. The van der Waals surface area contributed by atoms with E-state index in [0.717, 1.165) is 11.3 Å². The fraction of sp³-hybridized carbons (Fsp3) is 0.240. The van der Waals surface area contributed by atoms with Gasteiger partial charge in [-0.25, -0.2) is 9.79 Å². The molecule has 188 valence electrons. The first kappa shape index (κ1) is 25.7. The lowest BCUT2D eigenvalue weighted by molar-refractivity contribution is -0.153. The van der Waals surface area contributed by atoms with Crippen molar-refractivity contribution in [2.24, 2.45) is 4.99 Å². The number of halogens is 4. The molecule has 36 heavy (non-hydrogen) atoms. The molecule has 0 saturated carbocycles. The molecule has 0 unspecified atom stereocenters. The molecule has 0 saturated heterocycles. The summed E-state index contributed by atoms with van der Waals surface area (Å²) >= 11 is 7.13. The molecule has 0 bridgehead atoms. The SMILES string of the molecule is CCC1=C(C(=O)OC)[C@H](c2ccccc2)n2c(s/c(=C/c3cc(Cl)ccc3OCC(F)(F)F)c2=O)=N1. The van der Waals surface area contributed by atoms with Crippen molar-refractivity contribution >= 4 is 35.0 Å². The quantitative estimate of drug-likeness (QED) is 0.438. The minimum atomic E-state index is -4.53. The second-order valence-electron chi connectivity index (χ2n) is 7.78. The molecule has 1 aliphatic rings. The Balaban J connectivity index is 1.93. The fourth-order valence-corrected chi connectivity index (χ4v) is 5.07. The van der Waals surface area contributed by atoms with Crippen LogP contribution in [0.3, 0.4) is 0 Å². The Bertz CT molecular complexity index is 1510. The van der Waals surface area contributed by atoms with E-state index in [4.69, 9.17) is 21.1 Å². The van der Waals surface area contributed by atoms with E-state index in [0.29, 0.717) is 22.5 Å². The zero-order valence-corrected chi connectivity index (χ0v) is 20.7. The molecule has 6 nitrogen and oxygen atoms in total. The van der Waals surface area contributed by atoms with Crippen LogP contribution in [0, 0.1) is 0 Å². The van der Waals surface area contributed by atoms with E-state index in [1.54, 1.807) is 24.3 Å². The summed E-state index contributed by atoms with van der Waals surface area (Å²) in [5.74, 6) is -0.678. The molecule has 0 amide bonds. The molecule has 1 atom stereocenters. The van der Waals surface area contributed by atoms with Gasteiger partial charge < -0.3 is 9.47 Å². The van der Waals surface area contributed by atoms with Gasteiger partial charge >= 0.3 is 12.1 Å². The van der Waals surface area contributed by atoms with E-state index in [-0.39, 0.29) is 26.4 Å². The lowest BCUT2D eigenvalue weighted by Gasteiger charge is -2.25. The molecular weight excluding hydrogens is 517 g/mol. The van der Waals surface area contributed by atoms with E-state index < -0.39 is 30.4 Å². The van der Waals surface area contributed by atoms with Crippen molar-refractivity contribution in [1.29, 1.82) is 0 Å². The van der Waals surface area contributed by atoms with Crippen LogP contribution in [-0.2, 0) is 9.53 Å². The smallest absolute Gasteiger partial charge is 0.422 e. The highest BCUT2D eigenvalue weighted by molar-refractivity contribution is 7.07. The second-order valence-corrected chi connectivity index (χ2v) is 9.23. The van der Waals surface area contributed by atoms with E-state index in [1.807, 2.05) is 13.0 Å². The number of carbonyl (C=O) groups excluding carboxylic acids is 1. The third-order valence-corrected chi connectivity index (χ3v) is 6.63. The van der Waals surface area contributed by atoms with Crippen molar-refractivity contribution in [2.75, 3.05) is 13.7 Å². The molecule has 0 fully saturated rings. The fourth-order valence-electron chi connectivity index (χ4n) is 3.88. The van der Waals surface area contributed by atoms with Gasteiger partial charge in [-0.1, -0.05) is 60.2 Å². The van der Waals surface area contributed by atoms with Crippen LogP contribution >= 0.6 is 22.9 Å². The number of methoxy groups -OCH3 is 1. The Hall–Kier alpha value is -3.37. The Morgan fingerprint density at radius 1 is 1.22 bits per heavy atom. The Morgan fingerprint density at radius 3 is 2.58 bits per heavy atom. The summed E-state index contributed by atoms with van der Waals surface area (Å²) in [5.41, 5.74) is 1.16. The zero-order chi connectivity index (χ0) is 26.0. The average Bonchev–Trinajstić information content (AvgIpc) is 3.16. The predicted molar refractivity (Wildman–Crippen MR) is 130 cm³/mol. The highest BCUT2D eigenvalue weighted by Crippen LogP contribution is 2.32. The summed E-state index contributed by atoms with van der Waals surface area (Å²) in [7, 11) is 1.26. The van der Waals surface area contributed by atoms with Gasteiger partial charge in [0.25, 0.3) is 5.56 Å². The van der Waals surface area contributed by atoms with Gasteiger partial charge in [0.2, 0.25) is 0 Å². The van der Waals surface area contributed by atoms with Gasteiger partial charge in [0.15, 0.2) is 11.4 Å². The highest BCUT2D eigenvalue weighted by atomic mass is 35.5. The maximum absolute atomic E-state index is 13.6. The van der Waals surface area contributed by atoms with Crippen LogP contribution in [0.4, 0.5) is 13.2 Å². The highest BCUT2D eigenvalue weighted by Gasteiger charge is 2.34. The van der Waals surface area contributed by atoms with Gasteiger partial charge in [0, 0.05) is 10.6 Å². The van der Waals surface area contributed by atoms with Gasteiger partial charge in [-0.15, -0.1) is 0 Å². The second kappa shape index (κ2) is 10.3. The van der Waals surface area contributed by atoms with Gasteiger partial charge in [-0.2, -0.15) is 13.2 Å². The van der Waals surface area contributed by atoms with Crippen LogP contribution in [0.25, 0.3) is 6.08 Å². The molecule has 0 radical (unpaired) electrons. The summed E-state index contributed by atoms with van der Waals surface area (Å²) in [5, 5.41) is 0.261. The lowest BCUT2D eigenvalue weighted by Crippen LogP contribution is -2.40. The number of esters is 1. The maximum atomic E-state index is 13.6. The van der Waals surface area contributed by atoms with Crippen LogP contribution in [0.5, 0.6) is 5.75 Å². The first-order valence-corrected chi connectivity index (χ1v) is 12.0. The number of fused-ring (bicyclic) bond motifs is 1. The van der Waals surface area contributed by atoms with Crippen LogP contribution < -0.4 is 19.6 Å². The molecule has 2 aromatic carbocycles. The van der Waals surface area contributed by atoms with Crippen molar-refractivity contribution < 1.29 is 27.4 Å². The van der Waals surface area contributed by atoms with E-state index in [9.17, 15) is 22.8 Å². The number of thiazole rings is 1. The third-order valence-electron chi connectivity index (χ3n) is 5.42. The molecule has 0 aliphatic carbocycles. The van der Waals surface area contributed by atoms with Crippen molar-refractivity contribution in [3.05, 3.63) is 95.6 Å². The van der Waals surface area contributed by atoms with Gasteiger partial charge in [-0.3, -0.25) is 9.36 Å². The number of rotatable bonds is 6. The zero-order valence-electron chi connectivity index (χ0n) is 19.1. The molecular formula is C25H20ClF3N2O4S. The molecule has 3 aromatic rings. The molecule has 1 aliphatic heterocycles. The number of alkyl halides is 3. The number of carbonyl (C=O) groups is 1. The molecule has 11 heteroatoms. The van der Waals surface area contributed by atoms with E-state index in [1.165, 1.54) is 36.0 Å². The minimum absolute atomic E-state index is 0.0772. The average molecular weight is 537 g/mol. The normalized spacial score (nSPS) is 15.9. The number of hydrogen-bond acceptors (Lipinski definition) is 6. The largest absolute Gasteiger partial charge is 0.483 e. The van der Waals surface area contributed by atoms with Crippen LogP contribution in [0.15, 0.2) is 69.6 Å². The maximum Gasteiger partial charge on any atom is 0.422 e. The Morgan fingerprint density at radius 2 is 1.94 bits per heavy atom. The summed E-state index contributed by atoms with van der Waals surface area (Å²) in [4.78, 5) is 31.3. The summed E-state index contributed by atoms with van der Waals surface area (Å²) in [6.45, 7) is 0.349. The number of allylic oxidation sites excluding steroid dienone is 1. The van der Waals surface area contributed by atoms with E-state index >= 15 is 0 Å². The number of benzene rings is 2. The molecule has 0 spiro atoms. The number of ether oxygens (including phenoxy) is 2. The van der Waals surface area contributed by atoms with Gasteiger partial charge in [0.05, 0.1) is 29.0 Å². The van der Waals surface area contributed by atoms with Gasteiger partial charge in [-0.05, 0) is 36.3 Å². The first-order chi connectivity index (χ1) is 17.1. The van der Waals surface area contributed by atoms with Crippen molar-refractivity contribution in [3.8, 4) is 5.75 Å². The molecule has 1 aromatic heterocycles. The first-order valence-electron chi connectivity index (χ1n) is 10.8. The van der Waals surface area contributed by atoms with Crippen LogP contribution in [-0.4, -0.2) is 30.4 Å². The summed E-state index contributed by atoms with van der Waals surface area (Å²) in [6.07, 6.45) is -2.70. The summed E-state index contributed by atoms with van der Waals surface area (Å²) < 4.78 is 49.8. The summed E-state index contributed by atoms with van der Waals surface area (Å²) in [6, 6.07) is 12.3. The predicted octanol–water partition coefficient (Wildman–Crippen LogP) is 4.39.